The number of anilines is 2. The van der Waals surface area contributed by atoms with E-state index in [-0.39, 0.29) is 11.8 Å². The molecule has 2 N–H and O–H groups in total. The number of pyridine rings is 1. The van der Waals surface area contributed by atoms with Crippen LogP contribution in [0.5, 0.6) is 11.5 Å². The Morgan fingerprint density at radius 1 is 0.875 bits per heavy atom. The van der Waals surface area contributed by atoms with E-state index in [1.54, 1.807) is 30.5 Å². The Hall–Kier alpha value is -4.43. The zero-order valence-electron chi connectivity index (χ0n) is 22.5. The smallest absolute Gasteiger partial charge is 0.257 e. The third-order valence-corrected chi connectivity index (χ3v) is 7.52. The number of amides is 2. The molecule has 0 spiro atoms. The Kier molecular flexibility index (Phi) is 7.33. The van der Waals surface area contributed by atoms with Crippen LogP contribution in [0.1, 0.15) is 44.7 Å². The van der Waals surface area contributed by atoms with Gasteiger partial charge < -0.3 is 25.0 Å². The highest BCUT2D eigenvalue weighted by Gasteiger charge is 2.17. The molecule has 0 bridgehead atoms. The molecule has 8 heteroatoms. The van der Waals surface area contributed by atoms with Crippen molar-refractivity contribution < 1.29 is 19.1 Å². The van der Waals surface area contributed by atoms with E-state index in [0.717, 1.165) is 42.5 Å². The molecule has 0 unspecified atom stereocenters. The molecule has 1 saturated heterocycles. The first kappa shape index (κ1) is 25.8. The minimum atomic E-state index is -0.279. The number of aryl methyl sites for hydroxylation is 1. The molecule has 8 nitrogen and oxygen atoms in total. The zero-order chi connectivity index (χ0) is 27.5. The van der Waals surface area contributed by atoms with Crippen molar-refractivity contribution in [1.29, 1.82) is 0 Å². The summed E-state index contributed by atoms with van der Waals surface area (Å²) in [4.78, 5) is 33.3. The van der Waals surface area contributed by atoms with E-state index in [9.17, 15) is 9.59 Å². The highest BCUT2D eigenvalue weighted by atomic mass is 16.6. The van der Waals surface area contributed by atoms with Gasteiger partial charge in [-0.05, 0) is 92.9 Å². The number of hydrogen-bond donors (Lipinski definition) is 2. The molecule has 1 fully saturated rings. The fourth-order valence-electron chi connectivity index (χ4n) is 5.25. The van der Waals surface area contributed by atoms with Gasteiger partial charge in [0.1, 0.15) is 13.2 Å². The predicted molar refractivity (Wildman–Crippen MR) is 156 cm³/mol. The lowest BCUT2D eigenvalue weighted by Crippen LogP contribution is -2.22. The molecule has 1 aromatic heterocycles. The van der Waals surface area contributed by atoms with E-state index in [2.05, 4.69) is 26.6 Å². The minimum absolute atomic E-state index is 0.248. The molecule has 2 aliphatic rings. The number of aromatic nitrogens is 1. The molecule has 40 heavy (non-hydrogen) atoms. The monoisotopic (exact) mass is 536 g/mol. The van der Waals surface area contributed by atoms with E-state index in [4.69, 9.17) is 9.47 Å². The number of hydrogen-bond acceptors (Lipinski definition) is 6. The molecule has 0 aliphatic carbocycles. The van der Waals surface area contributed by atoms with Crippen LogP contribution in [-0.2, 0) is 6.42 Å². The van der Waals surface area contributed by atoms with Gasteiger partial charge in [0.15, 0.2) is 11.5 Å². The van der Waals surface area contributed by atoms with Crippen molar-refractivity contribution in [3.8, 4) is 11.5 Å². The quantitative estimate of drug-likeness (QED) is 0.326. The highest BCUT2D eigenvalue weighted by molar-refractivity contribution is 6.08. The van der Waals surface area contributed by atoms with Gasteiger partial charge in [-0.3, -0.25) is 14.6 Å². The Bertz CT molecular complexity index is 1580. The summed E-state index contributed by atoms with van der Waals surface area (Å²) in [6.07, 6.45) is 5.08. The molecule has 2 amide bonds. The average molecular weight is 537 g/mol. The normalized spacial score (nSPS) is 14.7. The van der Waals surface area contributed by atoms with Gasteiger partial charge in [-0.25, -0.2) is 0 Å². The second kappa shape index (κ2) is 11.4. The third kappa shape index (κ3) is 5.62. The lowest BCUT2D eigenvalue weighted by Gasteiger charge is -2.18. The number of rotatable bonds is 7. The number of nitrogens with zero attached hydrogens (tertiary/aromatic N) is 2. The van der Waals surface area contributed by atoms with Gasteiger partial charge in [0.2, 0.25) is 0 Å². The summed E-state index contributed by atoms with van der Waals surface area (Å²) in [7, 11) is 0. The Morgan fingerprint density at radius 2 is 1.68 bits per heavy atom. The molecule has 4 aromatic rings. The van der Waals surface area contributed by atoms with E-state index in [1.807, 2.05) is 37.3 Å². The van der Waals surface area contributed by atoms with Crippen LogP contribution in [0.15, 0.2) is 66.9 Å². The number of fused-ring (bicyclic) bond motifs is 2. The largest absolute Gasteiger partial charge is 0.486 e. The van der Waals surface area contributed by atoms with Crippen molar-refractivity contribution in [2.45, 2.75) is 26.2 Å². The molecule has 0 radical (unpaired) electrons. The number of ether oxygens (including phenoxy) is 2. The van der Waals surface area contributed by atoms with Crippen LogP contribution in [0.4, 0.5) is 11.4 Å². The van der Waals surface area contributed by atoms with Crippen LogP contribution >= 0.6 is 0 Å². The SMILES string of the molecule is Cc1ccc(NC(=O)c2ccc3c(c2)OCCO3)cc1NC(=O)c1cnc2cccc(CCN3CCCC3)c2c1. The van der Waals surface area contributed by atoms with Crippen LogP contribution < -0.4 is 20.1 Å². The topological polar surface area (TPSA) is 92.8 Å². The van der Waals surface area contributed by atoms with Crippen LogP contribution in [0, 0.1) is 6.92 Å². The summed E-state index contributed by atoms with van der Waals surface area (Å²) in [6.45, 7) is 6.19. The van der Waals surface area contributed by atoms with Gasteiger partial charge in [-0.2, -0.15) is 0 Å². The van der Waals surface area contributed by atoms with Gasteiger partial charge in [-0.1, -0.05) is 18.2 Å². The van der Waals surface area contributed by atoms with Gasteiger partial charge in [0.05, 0.1) is 11.1 Å². The molecule has 0 atom stereocenters. The predicted octanol–water partition coefficient (Wildman–Crippen LogP) is 5.46. The Labute approximate surface area is 233 Å². The first-order valence-electron chi connectivity index (χ1n) is 13.8. The van der Waals surface area contributed by atoms with Crippen LogP contribution in [0.2, 0.25) is 0 Å². The summed E-state index contributed by atoms with van der Waals surface area (Å²) in [5, 5.41) is 6.92. The van der Waals surface area contributed by atoms with Crippen LogP contribution in [-0.4, -0.2) is 54.5 Å². The van der Waals surface area contributed by atoms with E-state index in [0.29, 0.717) is 47.2 Å². The maximum absolute atomic E-state index is 13.3. The van der Waals surface area contributed by atoms with Crippen molar-refractivity contribution in [2.75, 3.05) is 43.5 Å². The lowest BCUT2D eigenvalue weighted by molar-refractivity contribution is 0.101. The first-order chi connectivity index (χ1) is 19.5. The molecule has 204 valence electrons. The van der Waals surface area contributed by atoms with E-state index >= 15 is 0 Å². The molecular formula is C32H32N4O4. The minimum Gasteiger partial charge on any atom is -0.486 e. The molecule has 3 aromatic carbocycles. The van der Waals surface area contributed by atoms with Crippen molar-refractivity contribution >= 4 is 34.1 Å². The maximum atomic E-state index is 13.3. The second-order valence-corrected chi connectivity index (χ2v) is 10.3. The Balaban J connectivity index is 1.17. The molecule has 2 aliphatic heterocycles. The number of carbonyl (C=O) groups excluding carboxylic acids is 2. The van der Waals surface area contributed by atoms with Crippen LogP contribution in [0.3, 0.4) is 0 Å². The highest BCUT2D eigenvalue weighted by Crippen LogP contribution is 2.31. The summed E-state index contributed by atoms with van der Waals surface area (Å²) in [6, 6.07) is 18.6. The van der Waals surface area contributed by atoms with Crippen molar-refractivity contribution in [3.63, 3.8) is 0 Å². The fraction of sp³-hybridized carbons (Fsp3) is 0.281. The van der Waals surface area contributed by atoms with E-state index < -0.39 is 0 Å². The molecule has 6 rings (SSSR count). The number of benzene rings is 3. The number of carbonyl (C=O) groups is 2. The number of likely N-dealkylation sites (tertiary alicyclic amines) is 1. The van der Waals surface area contributed by atoms with Crippen molar-refractivity contribution in [3.05, 3.63) is 89.1 Å². The summed E-state index contributed by atoms with van der Waals surface area (Å²) >= 11 is 0. The standard InChI is InChI=1S/C32H32N4O4/c1-21-7-9-25(34-31(37)23-8-10-29-30(18-23)40-16-15-39-29)19-28(21)35-32(38)24-17-26-22(5-4-6-27(26)33-20-24)11-14-36-12-2-3-13-36/h4-10,17-20H,2-3,11-16H2,1H3,(H,34,37)(H,35,38). The van der Waals surface area contributed by atoms with Crippen molar-refractivity contribution in [1.82, 2.24) is 9.88 Å². The van der Waals surface area contributed by atoms with Gasteiger partial charge in [-0.15, -0.1) is 0 Å². The fourth-order valence-corrected chi connectivity index (χ4v) is 5.25. The zero-order valence-corrected chi connectivity index (χ0v) is 22.5. The summed E-state index contributed by atoms with van der Waals surface area (Å²) in [5.74, 6) is 0.657. The first-order valence-corrected chi connectivity index (χ1v) is 13.8. The maximum Gasteiger partial charge on any atom is 0.257 e. The van der Waals surface area contributed by atoms with Gasteiger partial charge >= 0.3 is 0 Å². The summed E-state index contributed by atoms with van der Waals surface area (Å²) in [5.41, 5.74) is 5.10. The lowest BCUT2D eigenvalue weighted by atomic mass is 10.0. The van der Waals surface area contributed by atoms with Crippen molar-refractivity contribution in [2.24, 2.45) is 0 Å². The Morgan fingerprint density at radius 3 is 2.52 bits per heavy atom. The third-order valence-electron chi connectivity index (χ3n) is 7.52. The van der Waals surface area contributed by atoms with E-state index in [1.165, 1.54) is 18.4 Å². The van der Waals surface area contributed by atoms with Crippen LogP contribution in [0.25, 0.3) is 10.9 Å². The molecule has 0 saturated carbocycles. The molecular weight excluding hydrogens is 504 g/mol. The van der Waals surface area contributed by atoms with Gasteiger partial charge in [0, 0.05) is 35.1 Å². The van der Waals surface area contributed by atoms with Gasteiger partial charge in [0.25, 0.3) is 11.8 Å². The number of nitrogens with one attached hydrogen (secondary N) is 2. The molecule has 3 heterocycles. The summed E-state index contributed by atoms with van der Waals surface area (Å²) < 4.78 is 11.1. The average Bonchev–Trinajstić information content (AvgIpc) is 3.51. The second-order valence-electron chi connectivity index (χ2n) is 10.3.